The number of aliphatic carboxylic acids is 1. The molecule has 0 aromatic heterocycles. The number of amides is 1. The van der Waals surface area contributed by atoms with Crippen molar-refractivity contribution >= 4 is 17.6 Å². The minimum Gasteiger partial charge on any atom is -0.492 e. The molecular weight excluding hydrogens is 320 g/mol. The molecule has 0 aliphatic heterocycles. The fourth-order valence-electron chi connectivity index (χ4n) is 2.60. The van der Waals surface area contributed by atoms with E-state index < -0.39 is 12.0 Å². The van der Waals surface area contributed by atoms with Gasteiger partial charge in [-0.05, 0) is 31.7 Å². The zero-order valence-corrected chi connectivity index (χ0v) is 14.3. The summed E-state index contributed by atoms with van der Waals surface area (Å²) in [6.07, 6.45) is 0. The van der Waals surface area contributed by atoms with Gasteiger partial charge in [-0.15, -0.1) is 0 Å². The Hall–Kier alpha value is -2.86. The van der Waals surface area contributed by atoms with E-state index >= 15 is 0 Å². The van der Waals surface area contributed by atoms with Crippen LogP contribution in [0.1, 0.15) is 18.5 Å². The van der Waals surface area contributed by atoms with Crippen molar-refractivity contribution in [2.75, 3.05) is 25.5 Å². The van der Waals surface area contributed by atoms with Crippen LogP contribution in [0.5, 0.6) is 5.75 Å². The van der Waals surface area contributed by atoms with Gasteiger partial charge in [0.2, 0.25) is 5.91 Å². The van der Waals surface area contributed by atoms with Crippen LogP contribution in [0.4, 0.5) is 5.69 Å². The number of rotatable bonds is 8. The number of hydrogen-bond donors (Lipinski definition) is 2. The van der Waals surface area contributed by atoms with Gasteiger partial charge in [0.25, 0.3) is 0 Å². The lowest BCUT2D eigenvalue weighted by Crippen LogP contribution is -2.37. The molecule has 2 aromatic rings. The predicted molar refractivity (Wildman–Crippen MR) is 95.7 cm³/mol. The Labute approximate surface area is 147 Å². The Morgan fingerprint density at radius 1 is 1.12 bits per heavy atom. The molecule has 1 amide bonds. The van der Waals surface area contributed by atoms with E-state index in [9.17, 15) is 9.59 Å². The molecule has 0 fully saturated rings. The van der Waals surface area contributed by atoms with E-state index in [-0.39, 0.29) is 12.5 Å². The third kappa shape index (κ3) is 5.06. The fraction of sp³-hybridized carbons (Fsp3) is 0.263. The molecule has 0 aliphatic carbocycles. The van der Waals surface area contributed by atoms with E-state index in [1.54, 1.807) is 37.4 Å². The highest BCUT2D eigenvalue weighted by Gasteiger charge is 2.27. The molecule has 0 radical (unpaired) electrons. The molecule has 0 saturated heterocycles. The van der Waals surface area contributed by atoms with Gasteiger partial charge in [0.15, 0.2) is 0 Å². The maximum Gasteiger partial charge on any atom is 0.317 e. The second kappa shape index (κ2) is 8.84. The van der Waals surface area contributed by atoms with E-state index in [4.69, 9.17) is 9.84 Å². The maximum absolute atomic E-state index is 12.9. The lowest BCUT2D eigenvalue weighted by atomic mass is 10.0. The molecule has 2 aromatic carbocycles. The second-order valence-corrected chi connectivity index (χ2v) is 5.54. The number of carboxylic acids is 1. The minimum absolute atomic E-state index is 0.250. The molecule has 1 atom stereocenters. The summed E-state index contributed by atoms with van der Waals surface area (Å²) in [5, 5.41) is 11.9. The van der Waals surface area contributed by atoms with Crippen molar-refractivity contribution in [1.82, 2.24) is 4.90 Å². The number of anilines is 1. The van der Waals surface area contributed by atoms with Crippen molar-refractivity contribution in [2.24, 2.45) is 0 Å². The van der Waals surface area contributed by atoms with Gasteiger partial charge in [-0.25, -0.2) is 0 Å². The summed E-state index contributed by atoms with van der Waals surface area (Å²) in [5.41, 5.74) is 1.27. The first-order valence-corrected chi connectivity index (χ1v) is 8.02. The number of ether oxygens (including phenoxy) is 1. The van der Waals surface area contributed by atoms with E-state index in [2.05, 4.69) is 5.32 Å². The average molecular weight is 342 g/mol. The number of carbonyl (C=O) groups is 2. The van der Waals surface area contributed by atoms with Crippen LogP contribution in [0.15, 0.2) is 54.6 Å². The lowest BCUT2D eigenvalue weighted by Gasteiger charge is -2.26. The van der Waals surface area contributed by atoms with Crippen molar-refractivity contribution in [2.45, 2.75) is 13.0 Å². The Morgan fingerprint density at radius 2 is 1.76 bits per heavy atom. The van der Waals surface area contributed by atoms with Gasteiger partial charge in [-0.3, -0.25) is 14.5 Å². The Balaban J connectivity index is 2.28. The van der Waals surface area contributed by atoms with Gasteiger partial charge < -0.3 is 15.2 Å². The Bertz CT molecular complexity index is 718. The number of carbonyl (C=O) groups excluding carboxylic acids is 1. The number of hydrogen-bond acceptors (Lipinski definition) is 4. The Morgan fingerprint density at radius 3 is 2.40 bits per heavy atom. The monoisotopic (exact) mass is 342 g/mol. The van der Waals surface area contributed by atoms with Gasteiger partial charge in [0.05, 0.1) is 18.8 Å². The molecule has 6 nitrogen and oxygen atoms in total. The van der Waals surface area contributed by atoms with Crippen LogP contribution in [0.25, 0.3) is 0 Å². The summed E-state index contributed by atoms with van der Waals surface area (Å²) >= 11 is 0. The number of carboxylic acid groups (broad SMARTS) is 1. The van der Waals surface area contributed by atoms with Crippen molar-refractivity contribution < 1.29 is 19.4 Å². The molecule has 2 N–H and O–H groups in total. The number of para-hydroxylation sites is 2. The summed E-state index contributed by atoms with van der Waals surface area (Å²) in [6, 6.07) is 15.5. The zero-order valence-electron chi connectivity index (χ0n) is 14.3. The zero-order chi connectivity index (χ0) is 18.2. The molecule has 6 heteroatoms. The topological polar surface area (TPSA) is 78.9 Å². The summed E-state index contributed by atoms with van der Waals surface area (Å²) in [5.74, 6) is -0.737. The van der Waals surface area contributed by atoms with Crippen LogP contribution >= 0.6 is 0 Å². The van der Waals surface area contributed by atoms with E-state index in [0.717, 1.165) is 5.56 Å². The van der Waals surface area contributed by atoms with E-state index in [1.165, 1.54) is 4.90 Å². The highest BCUT2D eigenvalue weighted by Crippen LogP contribution is 2.27. The number of likely N-dealkylation sites (N-methyl/N-ethyl adjacent to an activating group) is 1. The van der Waals surface area contributed by atoms with Gasteiger partial charge >= 0.3 is 5.97 Å². The quantitative estimate of drug-likeness (QED) is 0.771. The van der Waals surface area contributed by atoms with E-state index in [0.29, 0.717) is 18.0 Å². The number of nitrogens with zero attached hydrogens (tertiary/aromatic N) is 1. The molecule has 0 heterocycles. The van der Waals surface area contributed by atoms with Crippen molar-refractivity contribution in [1.29, 1.82) is 0 Å². The first-order valence-electron chi connectivity index (χ1n) is 8.02. The molecule has 25 heavy (non-hydrogen) atoms. The highest BCUT2D eigenvalue weighted by molar-refractivity contribution is 5.97. The molecule has 2 rings (SSSR count). The van der Waals surface area contributed by atoms with Crippen molar-refractivity contribution in [3.8, 4) is 5.75 Å². The van der Waals surface area contributed by atoms with Crippen LogP contribution in [0, 0.1) is 0 Å². The van der Waals surface area contributed by atoms with Crippen LogP contribution in [0.2, 0.25) is 0 Å². The maximum atomic E-state index is 12.9. The lowest BCUT2D eigenvalue weighted by molar-refractivity contribution is -0.139. The van der Waals surface area contributed by atoms with Crippen LogP contribution in [-0.4, -0.2) is 42.1 Å². The van der Waals surface area contributed by atoms with Crippen molar-refractivity contribution in [3.05, 3.63) is 60.2 Å². The molecule has 0 bridgehead atoms. The third-order valence-electron chi connectivity index (χ3n) is 3.63. The SMILES string of the molecule is CCOc1ccccc1NC(=O)C(c1ccccc1)N(C)CC(=O)O. The molecule has 0 saturated carbocycles. The van der Waals surface area contributed by atoms with Gasteiger partial charge in [-0.1, -0.05) is 42.5 Å². The first-order chi connectivity index (χ1) is 12.0. The van der Waals surface area contributed by atoms with Gasteiger partial charge in [0, 0.05) is 0 Å². The summed E-state index contributed by atoms with van der Waals surface area (Å²) < 4.78 is 5.53. The molecular formula is C19H22N2O4. The van der Waals surface area contributed by atoms with Crippen LogP contribution in [-0.2, 0) is 9.59 Å². The summed E-state index contributed by atoms with van der Waals surface area (Å²) in [7, 11) is 1.61. The minimum atomic E-state index is -0.994. The second-order valence-electron chi connectivity index (χ2n) is 5.54. The third-order valence-corrected chi connectivity index (χ3v) is 3.63. The van der Waals surface area contributed by atoms with Gasteiger partial charge in [-0.2, -0.15) is 0 Å². The summed E-state index contributed by atoms with van der Waals surface area (Å²) in [6.45, 7) is 2.10. The smallest absolute Gasteiger partial charge is 0.317 e. The summed E-state index contributed by atoms with van der Waals surface area (Å²) in [4.78, 5) is 25.5. The molecule has 0 aliphatic rings. The largest absolute Gasteiger partial charge is 0.492 e. The van der Waals surface area contributed by atoms with Crippen LogP contribution in [0.3, 0.4) is 0 Å². The molecule has 0 spiro atoms. The average Bonchev–Trinajstić information content (AvgIpc) is 2.57. The number of nitrogens with one attached hydrogen (secondary N) is 1. The highest BCUT2D eigenvalue weighted by atomic mass is 16.5. The standard InChI is InChI=1S/C19H22N2O4/c1-3-25-16-12-8-7-11-15(16)20-19(24)18(21(2)13-17(22)23)14-9-5-4-6-10-14/h4-12,18H,3,13H2,1-2H3,(H,20,24)(H,22,23). The number of benzene rings is 2. The van der Waals surface area contributed by atoms with Crippen molar-refractivity contribution in [3.63, 3.8) is 0 Å². The van der Waals surface area contributed by atoms with Crippen LogP contribution < -0.4 is 10.1 Å². The fourth-order valence-corrected chi connectivity index (χ4v) is 2.60. The predicted octanol–water partition coefficient (Wildman–Crippen LogP) is 2.78. The first kappa shape index (κ1) is 18.5. The van der Waals surface area contributed by atoms with Gasteiger partial charge in [0.1, 0.15) is 11.8 Å². The normalized spacial score (nSPS) is 11.8. The molecule has 132 valence electrons. The molecule has 1 unspecified atom stereocenters. The van der Waals surface area contributed by atoms with E-state index in [1.807, 2.05) is 31.2 Å². The Kier molecular flexibility index (Phi) is 6.54.